The molecule has 5 rings (SSSR count). The van der Waals surface area contributed by atoms with Crippen molar-refractivity contribution in [2.45, 2.75) is 18.5 Å². The molecule has 0 saturated carbocycles. The molecule has 0 aliphatic carbocycles. The lowest BCUT2D eigenvalue weighted by molar-refractivity contribution is 0.0963. The first-order valence-corrected chi connectivity index (χ1v) is 10.8. The van der Waals surface area contributed by atoms with Gasteiger partial charge in [-0.2, -0.15) is 10.1 Å². The van der Waals surface area contributed by atoms with E-state index in [1.807, 2.05) is 83.5 Å². The van der Waals surface area contributed by atoms with Crippen molar-refractivity contribution in [2.75, 3.05) is 19.1 Å². The summed E-state index contributed by atoms with van der Waals surface area (Å²) in [4.78, 5) is 20.0. The smallest absolute Gasteiger partial charge is 0.261 e. The summed E-state index contributed by atoms with van der Waals surface area (Å²) in [6.07, 6.45) is 2.11. The average molecular weight is 441 g/mol. The van der Waals surface area contributed by atoms with Gasteiger partial charge in [0.05, 0.1) is 26.3 Å². The minimum Gasteiger partial charge on any atom is -0.497 e. The molecule has 7 nitrogen and oxygen atoms in total. The standard InChI is InChI=1S/C26H24N4O3/c1-32-20-14-12-18(13-15-20)22-16-23(21-10-6-7-11-24(21)33-2)30-26(27-17-28-30)29(22)25(31)19-8-4-3-5-9-19/h3-15,17,22-23H,16H2,1-2H3/t22-,23+/m0/s1. The molecule has 2 atom stereocenters. The highest BCUT2D eigenvalue weighted by Gasteiger charge is 2.40. The molecule has 0 N–H and O–H groups in total. The lowest BCUT2D eigenvalue weighted by Crippen LogP contribution is -2.42. The lowest BCUT2D eigenvalue weighted by atomic mass is 9.91. The van der Waals surface area contributed by atoms with Crippen molar-refractivity contribution in [1.29, 1.82) is 0 Å². The van der Waals surface area contributed by atoms with E-state index in [-0.39, 0.29) is 18.0 Å². The number of hydrogen-bond acceptors (Lipinski definition) is 5. The van der Waals surface area contributed by atoms with Crippen LogP contribution in [-0.4, -0.2) is 34.9 Å². The number of methoxy groups -OCH3 is 2. The summed E-state index contributed by atoms with van der Waals surface area (Å²) in [6, 6.07) is 24.6. The van der Waals surface area contributed by atoms with Crippen LogP contribution in [0.3, 0.4) is 0 Å². The van der Waals surface area contributed by atoms with Crippen molar-refractivity contribution in [2.24, 2.45) is 0 Å². The molecular weight excluding hydrogens is 416 g/mol. The Balaban J connectivity index is 1.66. The Labute approximate surface area is 192 Å². The van der Waals surface area contributed by atoms with Gasteiger partial charge in [-0.3, -0.25) is 9.69 Å². The second-order valence-corrected chi connectivity index (χ2v) is 7.83. The molecule has 1 aromatic heterocycles. The second kappa shape index (κ2) is 8.78. The molecule has 0 bridgehead atoms. The predicted molar refractivity (Wildman–Crippen MR) is 125 cm³/mol. The van der Waals surface area contributed by atoms with Crippen LogP contribution < -0.4 is 14.4 Å². The number of benzene rings is 3. The van der Waals surface area contributed by atoms with Gasteiger partial charge in [-0.1, -0.05) is 48.5 Å². The molecular formula is C26H24N4O3. The maximum Gasteiger partial charge on any atom is 0.261 e. The van der Waals surface area contributed by atoms with Crippen LogP contribution in [0.5, 0.6) is 11.5 Å². The summed E-state index contributed by atoms with van der Waals surface area (Å²) < 4.78 is 12.8. The summed E-state index contributed by atoms with van der Waals surface area (Å²) in [5.74, 6) is 1.93. The minimum atomic E-state index is -0.254. The van der Waals surface area contributed by atoms with Crippen LogP contribution in [0.15, 0.2) is 85.2 Å². The Morgan fingerprint density at radius 3 is 2.33 bits per heavy atom. The van der Waals surface area contributed by atoms with E-state index in [0.29, 0.717) is 17.9 Å². The summed E-state index contributed by atoms with van der Waals surface area (Å²) >= 11 is 0. The van der Waals surface area contributed by atoms with Gasteiger partial charge in [0.25, 0.3) is 5.91 Å². The van der Waals surface area contributed by atoms with E-state index in [2.05, 4.69) is 10.1 Å². The monoisotopic (exact) mass is 440 g/mol. The molecule has 0 unspecified atom stereocenters. The first-order chi connectivity index (χ1) is 16.2. The Morgan fingerprint density at radius 2 is 1.61 bits per heavy atom. The number of nitrogens with zero attached hydrogens (tertiary/aromatic N) is 4. The topological polar surface area (TPSA) is 69.5 Å². The molecule has 1 aliphatic rings. The van der Waals surface area contributed by atoms with Crippen molar-refractivity contribution in [3.63, 3.8) is 0 Å². The van der Waals surface area contributed by atoms with Gasteiger partial charge < -0.3 is 9.47 Å². The van der Waals surface area contributed by atoms with E-state index in [1.165, 1.54) is 6.33 Å². The van der Waals surface area contributed by atoms with Crippen LogP contribution in [0, 0.1) is 0 Å². The highest BCUT2D eigenvalue weighted by Crippen LogP contribution is 2.44. The van der Waals surface area contributed by atoms with Crippen LogP contribution >= 0.6 is 0 Å². The first kappa shape index (κ1) is 20.8. The van der Waals surface area contributed by atoms with E-state index in [1.54, 1.807) is 19.1 Å². The van der Waals surface area contributed by atoms with Crippen molar-refractivity contribution < 1.29 is 14.3 Å². The number of para-hydroxylation sites is 1. The van der Waals surface area contributed by atoms with Gasteiger partial charge in [0, 0.05) is 11.1 Å². The zero-order chi connectivity index (χ0) is 22.8. The van der Waals surface area contributed by atoms with Crippen molar-refractivity contribution in [3.05, 3.63) is 102 Å². The van der Waals surface area contributed by atoms with Crippen molar-refractivity contribution in [3.8, 4) is 11.5 Å². The summed E-state index contributed by atoms with van der Waals surface area (Å²) in [7, 11) is 3.30. The molecule has 0 fully saturated rings. The van der Waals surface area contributed by atoms with Gasteiger partial charge in [0.1, 0.15) is 17.8 Å². The number of hydrogen-bond donors (Lipinski definition) is 0. The van der Waals surface area contributed by atoms with E-state index >= 15 is 0 Å². The highest BCUT2D eigenvalue weighted by atomic mass is 16.5. The number of amides is 1. The molecule has 166 valence electrons. The number of ether oxygens (including phenoxy) is 2. The molecule has 1 amide bonds. The summed E-state index contributed by atoms with van der Waals surface area (Å²) in [6.45, 7) is 0. The van der Waals surface area contributed by atoms with Gasteiger partial charge in [0.2, 0.25) is 5.95 Å². The summed E-state index contributed by atoms with van der Waals surface area (Å²) in [5, 5.41) is 4.51. The fourth-order valence-electron chi connectivity index (χ4n) is 4.46. The molecule has 7 heteroatoms. The van der Waals surface area contributed by atoms with Crippen molar-refractivity contribution in [1.82, 2.24) is 14.8 Å². The van der Waals surface area contributed by atoms with Crippen molar-refractivity contribution >= 4 is 11.9 Å². The Bertz CT molecular complexity index is 1250. The Kier molecular flexibility index (Phi) is 5.52. The number of carbonyl (C=O) groups excluding carboxylic acids is 1. The van der Waals surface area contributed by atoms with Crippen LogP contribution in [-0.2, 0) is 0 Å². The van der Waals surface area contributed by atoms with Gasteiger partial charge in [0.15, 0.2) is 0 Å². The zero-order valence-corrected chi connectivity index (χ0v) is 18.5. The largest absolute Gasteiger partial charge is 0.497 e. The number of aromatic nitrogens is 3. The number of rotatable bonds is 5. The zero-order valence-electron chi connectivity index (χ0n) is 18.5. The van der Waals surface area contributed by atoms with E-state index < -0.39 is 0 Å². The van der Waals surface area contributed by atoms with Crippen LogP contribution in [0.1, 0.15) is 40.0 Å². The average Bonchev–Trinajstić information content (AvgIpc) is 3.38. The van der Waals surface area contributed by atoms with Gasteiger partial charge in [-0.15, -0.1) is 0 Å². The van der Waals surface area contributed by atoms with Gasteiger partial charge >= 0.3 is 0 Å². The van der Waals surface area contributed by atoms with Crippen LogP contribution in [0.25, 0.3) is 0 Å². The third-order valence-electron chi connectivity index (χ3n) is 6.06. The third kappa shape index (κ3) is 3.71. The molecule has 0 radical (unpaired) electrons. The fourth-order valence-corrected chi connectivity index (χ4v) is 4.46. The predicted octanol–water partition coefficient (Wildman–Crippen LogP) is 4.68. The first-order valence-electron chi connectivity index (χ1n) is 10.8. The van der Waals surface area contributed by atoms with Gasteiger partial charge in [-0.25, -0.2) is 4.68 Å². The van der Waals surface area contributed by atoms with E-state index in [0.717, 1.165) is 22.6 Å². The molecule has 4 aromatic rings. The highest BCUT2D eigenvalue weighted by molar-refractivity contribution is 6.05. The number of carbonyl (C=O) groups is 1. The van der Waals surface area contributed by atoms with Gasteiger partial charge in [-0.05, 0) is 42.3 Å². The van der Waals surface area contributed by atoms with E-state index in [4.69, 9.17) is 9.47 Å². The second-order valence-electron chi connectivity index (χ2n) is 7.83. The fraction of sp³-hybridized carbons (Fsp3) is 0.192. The molecule has 33 heavy (non-hydrogen) atoms. The quantitative estimate of drug-likeness (QED) is 0.451. The molecule has 1 aliphatic heterocycles. The molecule has 0 spiro atoms. The Hall–Kier alpha value is -4.13. The molecule has 2 heterocycles. The number of anilines is 1. The minimum absolute atomic E-state index is 0.121. The SMILES string of the molecule is COc1ccc([C@@H]2C[C@H](c3ccccc3OC)n3ncnc3N2C(=O)c2ccccc2)cc1. The molecule has 3 aromatic carbocycles. The van der Waals surface area contributed by atoms with E-state index in [9.17, 15) is 4.79 Å². The third-order valence-corrected chi connectivity index (χ3v) is 6.06. The van der Waals surface area contributed by atoms with Crippen LogP contribution in [0.4, 0.5) is 5.95 Å². The maximum absolute atomic E-state index is 13.7. The summed E-state index contributed by atoms with van der Waals surface area (Å²) in [5.41, 5.74) is 2.59. The number of fused-ring (bicyclic) bond motifs is 1. The van der Waals surface area contributed by atoms with Crippen LogP contribution in [0.2, 0.25) is 0 Å². The maximum atomic E-state index is 13.7. The normalized spacial score (nSPS) is 17.3. The Morgan fingerprint density at radius 1 is 0.879 bits per heavy atom. The lowest BCUT2D eigenvalue weighted by Gasteiger charge is -2.39. The molecule has 0 saturated heterocycles.